The van der Waals surface area contributed by atoms with Crippen molar-refractivity contribution in [2.75, 3.05) is 39.3 Å². The fraction of sp³-hybridized carbons (Fsp3) is 0.588. The number of ether oxygens (including phenoxy) is 1. The van der Waals surface area contributed by atoms with E-state index in [4.69, 9.17) is 16.3 Å². The smallest absolute Gasteiger partial charge is 0.219 e. The Balaban J connectivity index is 1.69. The maximum atomic E-state index is 11.4. The van der Waals surface area contributed by atoms with Gasteiger partial charge in [-0.2, -0.15) is 0 Å². The van der Waals surface area contributed by atoms with Crippen molar-refractivity contribution in [3.8, 4) is 0 Å². The number of benzene rings is 1. The molecule has 6 heteroatoms. The molecule has 1 amide bonds. The van der Waals surface area contributed by atoms with E-state index < -0.39 is 6.10 Å². The Kier molecular flexibility index (Phi) is 7.30. The van der Waals surface area contributed by atoms with Crippen LogP contribution in [0.3, 0.4) is 0 Å². The molecule has 1 heterocycles. The zero-order valence-electron chi connectivity index (χ0n) is 13.6. The Bertz CT molecular complexity index is 512. The second-order valence-electron chi connectivity index (χ2n) is 5.92. The van der Waals surface area contributed by atoms with Gasteiger partial charge in [-0.25, -0.2) is 0 Å². The highest BCUT2D eigenvalue weighted by molar-refractivity contribution is 6.31. The van der Waals surface area contributed by atoms with E-state index in [2.05, 4.69) is 4.90 Å². The number of nitrogens with zero attached hydrogens (tertiary/aromatic N) is 2. The molecule has 1 aromatic carbocycles. The van der Waals surface area contributed by atoms with Crippen LogP contribution in [0, 0.1) is 0 Å². The molecule has 1 N–H and O–H groups in total. The summed E-state index contributed by atoms with van der Waals surface area (Å²) in [4.78, 5) is 15.5. The van der Waals surface area contributed by atoms with Gasteiger partial charge in [0.1, 0.15) is 0 Å². The molecule has 23 heavy (non-hydrogen) atoms. The third kappa shape index (κ3) is 6.11. The van der Waals surface area contributed by atoms with E-state index in [0.717, 1.165) is 38.2 Å². The molecule has 1 fully saturated rings. The molecule has 128 valence electrons. The van der Waals surface area contributed by atoms with Gasteiger partial charge in [0.15, 0.2) is 0 Å². The lowest BCUT2D eigenvalue weighted by Gasteiger charge is -2.23. The Labute approximate surface area is 142 Å². The number of carbonyl (C=O) groups excluding carboxylic acids is 1. The van der Waals surface area contributed by atoms with Crippen molar-refractivity contribution in [1.29, 1.82) is 0 Å². The summed E-state index contributed by atoms with van der Waals surface area (Å²) >= 11 is 6.07. The van der Waals surface area contributed by atoms with Crippen molar-refractivity contribution < 1.29 is 14.6 Å². The highest BCUT2D eigenvalue weighted by Gasteiger charge is 2.18. The lowest BCUT2D eigenvalue weighted by atomic mass is 10.2. The highest BCUT2D eigenvalue weighted by atomic mass is 35.5. The van der Waals surface area contributed by atoms with Gasteiger partial charge in [-0.15, -0.1) is 0 Å². The molecule has 0 bridgehead atoms. The molecular weight excluding hydrogens is 316 g/mol. The zero-order valence-corrected chi connectivity index (χ0v) is 14.3. The summed E-state index contributed by atoms with van der Waals surface area (Å²) in [6.07, 6.45) is 0.397. The number of β-amino-alcohol motifs (C(OH)–C–C–N with tert-alkyl or cyclic N) is 1. The second-order valence-corrected chi connectivity index (χ2v) is 6.33. The monoisotopic (exact) mass is 340 g/mol. The summed E-state index contributed by atoms with van der Waals surface area (Å²) in [7, 11) is 0. The first-order valence-corrected chi connectivity index (χ1v) is 8.41. The molecule has 1 saturated heterocycles. The van der Waals surface area contributed by atoms with Crippen LogP contribution < -0.4 is 0 Å². The summed E-state index contributed by atoms with van der Waals surface area (Å²) in [5.41, 5.74) is 0.924. The van der Waals surface area contributed by atoms with Crippen molar-refractivity contribution in [3.05, 3.63) is 34.9 Å². The van der Waals surface area contributed by atoms with Gasteiger partial charge in [0.25, 0.3) is 0 Å². The van der Waals surface area contributed by atoms with Gasteiger partial charge in [-0.05, 0) is 24.6 Å². The van der Waals surface area contributed by atoms with Crippen LogP contribution in [0.15, 0.2) is 24.3 Å². The van der Waals surface area contributed by atoms with Crippen LogP contribution in [0.25, 0.3) is 0 Å². The number of carbonyl (C=O) groups is 1. The first-order chi connectivity index (χ1) is 11.1. The molecule has 1 aromatic rings. The largest absolute Gasteiger partial charge is 0.389 e. The predicted octanol–water partition coefficient (Wildman–Crippen LogP) is 1.77. The van der Waals surface area contributed by atoms with Gasteiger partial charge < -0.3 is 14.7 Å². The van der Waals surface area contributed by atoms with Gasteiger partial charge in [-0.3, -0.25) is 9.69 Å². The molecule has 1 atom stereocenters. The van der Waals surface area contributed by atoms with Crippen LogP contribution in [0.2, 0.25) is 5.02 Å². The van der Waals surface area contributed by atoms with Crippen LogP contribution in [0.4, 0.5) is 0 Å². The Hall–Kier alpha value is -1.14. The van der Waals surface area contributed by atoms with E-state index in [1.54, 1.807) is 6.92 Å². The summed E-state index contributed by atoms with van der Waals surface area (Å²) in [6, 6.07) is 7.54. The summed E-state index contributed by atoms with van der Waals surface area (Å²) in [5, 5.41) is 10.8. The zero-order chi connectivity index (χ0) is 16.7. The second kappa shape index (κ2) is 9.23. The third-order valence-electron chi connectivity index (χ3n) is 4.03. The number of halogens is 1. The number of aliphatic hydroxyl groups excluding tert-OH is 1. The minimum absolute atomic E-state index is 0.121. The molecule has 0 aliphatic carbocycles. The van der Waals surface area contributed by atoms with Gasteiger partial charge in [0.2, 0.25) is 5.91 Å². The van der Waals surface area contributed by atoms with E-state index >= 15 is 0 Å². The number of rotatable bonds is 6. The number of hydrogen-bond donors (Lipinski definition) is 1. The van der Waals surface area contributed by atoms with E-state index in [0.29, 0.717) is 18.2 Å². The first-order valence-electron chi connectivity index (χ1n) is 8.03. The lowest BCUT2D eigenvalue weighted by Crippen LogP contribution is -2.38. The Morgan fingerprint density at radius 2 is 2.09 bits per heavy atom. The number of hydrogen-bond acceptors (Lipinski definition) is 4. The molecule has 0 aromatic heterocycles. The van der Waals surface area contributed by atoms with Gasteiger partial charge in [-0.1, -0.05) is 29.8 Å². The number of amides is 1. The number of aliphatic hydroxyl groups is 1. The maximum absolute atomic E-state index is 11.4. The fourth-order valence-electron chi connectivity index (χ4n) is 2.74. The molecule has 5 nitrogen and oxygen atoms in total. The lowest BCUT2D eigenvalue weighted by molar-refractivity contribution is -0.128. The third-order valence-corrected chi connectivity index (χ3v) is 4.40. The predicted molar refractivity (Wildman–Crippen MR) is 90.4 cm³/mol. The van der Waals surface area contributed by atoms with Crippen molar-refractivity contribution in [2.24, 2.45) is 0 Å². The fourth-order valence-corrected chi connectivity index (χ4v) is 2.93. The standard InChI is InChI=1S/C17H25ClN2O3/c1-14(21)20-8-4-7-19(9-10-20)11-16(22)13-23-12-15-5-2-3-6-17(15)18/h2-3,5-6,16,22H,4,7-13H2,1H3/t16-/m1/s1. The quantitative estimate of drug-likeness (QED) is 0.857. The molecule has 0 saturated carbocycles. The van der Waals surface area contributed by atoms with Crippen molar-refractivity contribution in [1.82, 2.24) is 9.80 Å². The minimum atomic E-state index is -0.540. The topological polar surface area (TPSA) is 53.0 Å². The minimum Gasteiger partial charge on any atom is -0.389 e. The van der Waals surface area contributed by atoms with E-state index in [-0.39, 0.29) is 12.5 Å². The van der Waals surface area contributed by atoms with Crippen molar-refractivity contribution in [3.63, 3.8) is 0 Å². The van der Waals surface area contributed by atoms with Crippen LogP contribution >= 0.6 is 11.6 Å². The molecule has 0 unspecified atom stereocenters. The van der Waals surface area contributed by atoms with Crippen LogP contribution in [0.5, 0.6) is 0 Å². The van der Waals surface area contributed by atoms with Gasteiger partial charge in [0, 0.05) is 38.1 Å². The Morgan fingerprint density at radius 3 is 2.83 bits per heavy atom. The van der Waals surface area contributed by atoms with Crippen LogP contribution in [0.1, 0.15) is 18.9 Å². The highest BCUT2D eigenvalue weighted by Crippen LogP contribution is 2.15. The van der Waals surface area contributed by atoms with E-state index in [1.807, 2.05) is 29.2 Å². The normalized spacial score (nSPS) is 17.8. The van der Waals surface area contributed by atoms with Gasteiger partial charge >= 0.3 is 0 Å². The maximum Gasteiger partial charge on any atom is 0.219 e. The van der Waals surface area contributed by atoms with Crippen LogP contribution in [-0.2, 0) is 16.1 Å². The Morgan fingerprint density at radius 1 is 1.30 bits per heavy atom. The summed E-state index contributed by atoms with van der Waals surface area (Å²) < 4.78 is 5.57. The van der Waals surface area contributed by atoms with Crippen molar-refractivity contribution >= 4 is 17.5 Å². The van der Waals surface area contributed by atoms with Gasteiger partial charge in [0.05, 0.1) is 19.3 Å². The summed E-state index contributed by atoms with van der Waals surface area (Å²) in [5.74, 6) is 0.121. The molecular formula is C17H25ClN2O3. The molecule has 0 spiro atoms. The van der Waals surface area contributed by atoms with E-state index in [1.165, 1.54) is 0 Å². The SMILES string of the molecule is CC(=O)N1CCCN(C[C@@H](O)COCc2ccccc2Cl)CC1. The average molecular weight is 341 g/mol. The first kappa shape index (κ1) is 18.2. The summed E-state index contributed by atoms with van der Waals surface area (Å²) in [6.45, 7) is 6.05. The molecule has 2 rings (SSSR count). The average Bonchev–Trinajstić information content (AvgIpc) is 2.75. The van der Waals surface area contributed by atoms with Crippen LogP contribution in [-0.4, -0.2) is 66.2 Å². The molecule has 1 aliphatic heterocycles. The molecule has 0 radical (unpaired) electrons. The van der Waals surface area contributed by atoms with Crippen molar-refractivity contribution in [2.45, 2.75) is 26.1 Å². The molecule has 1 aliphatic rings. The van der Waals surface area contributed by atoms with E-state index in [9.17, 15) is 9.90 Å².